The van der Waals surface area contributed by atoms with E-state index in [1.54, 1.807) is 6.07 Å². The van der Waals surface area contributed by atoms with Gasteiger partial charge in [0.2, 0.25) is 5.91 Å². The van der Waals surface area contributed by atoms with Crippen molar-refractivity contribution in [2.45, 2.75) is 19.4 Å². The summed E-state index contributed by atoms with van der Waals surface area (Å²) in [5.74, 6) is -0.405. The molecule has 6 nitrogen and oxygen atoms in total. The van der Waals surface area contributed by atoms with Crippen molar-refractivity contribution in [1.29, 1.82) is 0 Å². The summed E-state index contributed by atoms with van der Waals surface area (Å²) in [4.78, 5) is 18.8. The average molecular weight is 359 g/mol. The van der Waals surface area contributed by atoms with Crippen LogP contribution in [-0.4, -0.2) is 38.7 Å². The number of hydrogen-bond acceptors (Lipinski definition) is 5. The van der Waals surface area contributed by atoms with E-state index in [4.69, 9.17) is 0 Å². The van der Waals surface area contributed by atoms with Crippen LogP contribution < -0.4 is 5.32 Å². The summed E-state index contributed by atoms with van der Waals surface area (Å²) < 4.78 is 15.9. The van der Waals surface area contributed by atoms with Gasteiger partial charge in [-0.2, -0.15) is 5.10 Å². The van der Waals surface area contributed by atoms with E-state index >= 15 is 0 Å². The number of thiazole rings is 1. The highest BCUT2D eigenvalue weighted by Crippen LogP contribution is 2.26. The fraction of sp³-hybridized carbons (Fsp3) is 0.353. The first-order valence-corrected chi connectivity index (χ1v) is 8.98. The molecule has 0 bridgehead atoms. The van der Waals surface area contributed by atoms with E-state index in [0.29, 0.717) is 17.2 Å². The van der Waals surface area contributed by atoms with Crippen LogP contribution in [0.4, 0.5) is 9.52 Å². The summed E-state index contributed by atoms with van der Waals surface area (Å²) in [7, 11) is 1.96. The predicted octanol–water partition coefficient (Wildman–Crippen LogP) is 2.56. The lowest BCUT2D eigenvalue weighted by Crippen LogP contribution is -2.33. The number of carbonyl (C=O) groups is 1. The molecule has 0 aliphatic carbocycles. The monoisotopic (exact) mass is 359 g/mol. The largest absolute Gasteiger partial charge is 0.301 e. The van der Waals surface area contributed by atoms with Crippen molar-refractivity contribution < 1.29 is 9.18 Å². The maximum Gasteiger partial charge on any atom is 0.240 e. The minimum atomic E-state index is -0.300. The number of aromatic nitrogens is 3. The van der Waals surface area contributed by atoms with Gasteiger partial charge in [-0.25, -0.2) is 9.37 Å². The van der Waals surface area contributed by atoms with Gasteiger partial charge in [0, 0.05) is 24.8 Å². The predicted molar refractivity (Wildman–Crippen MR) is 95.0 cm³/mol. The molecule has 1 aliphatic rings. The molecule has 4 rings (SSSR count). The molecule has 25 heavy (non-hydrogen) atoms. The topological polar surface area (TPSA) is 63.1 Å². The summed E-state index contributed by atoms with van der Waals surface area (Å²) in [6.07, 6.45) is 3.86. The third-order valence-corrected chi connectivity index (χ3v) is 5.33. The minimum absolute atomic E-state index is 0.105. The maximum atomic E-state index is 13.3. The van der Waals surface area contributed by atoms with Gasteiger partial charge in [0.05, 0.1) is 23.0 Å². The van der Waals surface area contributed by atoms with Crippen LogP contribution in [0.5, 0.6) is 0 Å². The van der Waals surface area contributed by atoms with Gasteiger partial charge in [0.15, 0.2) is 5.13 Å². The molecule has 130 valence electrons. The molecular formula is C17H18FN5OS. The Bertz CT molecular complexity index is 934. The highest BCUT2D eigenvalue weighted by molar-refractivity contribution is 7.22. The van der Waals surface area contributed by atoms with Crippen molar-refractivity contribution in [3.05, 3.63) is 41.5 Å². The number of aryl methyl sites for hydroxylation is 1. The summed E-state index contributed by atoms with van der Waals surface area (Å²) in [5, 5.41) is 7.64. The third kappa shape index (κ3) is 3.40. The number of benzene rings is 1. The van der Waals surface area contributed by atoms with E-state index in [9.17, 15) is 9.18 Å². The number of fused-ring (bicyclic) bond motifs is 2. The summed E-state index contributed by atoms with van der Waals surface area (Å²) in [5.41, 5.74) is 3.12. The van der Waals surface area contributed by atoms with Gasteiger partial charge >= 0.3 is 0 Å². The van der Waals surface area contributed by atoms with Crippen LogP contribution in [0.2, 0.25) is 0 Å². The SMILES string of the molecule is Cn1ncc2c1CCCN(CC(=O)Nc1nc3ccc(F)cc3s1)C2. The summed E-state index contributed by atoms with van der Waals surface area (Å²) in [6, 6.07) is 4.42. The van der Waals surface area contributed by atoms with Crippen LogP contribution in [0.3, 0.4) is 0 Å². The minimum Gasteiger partial charge on any atom is -0.301 e. The van der Waals surface area contributed by atoms with E-state index < -0.39 is 0 Å². The van der Waals surface area contributed by atoms with Gasteiger partial charge in [-0.05, 0) is 37.6 Å². The van der Waals surface area contributed by atoms with Crippen LogP contribution in [0.25, 0.3) is 10.2 Å². The van der Waals surface area contributed by atoms with E-state index in [1.807, 2.05) is 17.9 Å². The molecule has 2 aromatic heterocycles. The highest BCUT2D eigenvalue weighted by Gasteiger charge is 2.20. The number of carbonyl (C=O) groups excluding carboxylic acids is 1. The molecule has 3 heterocycles. The standard InChI is InChI=1S/C17H18FN5OS/c1-22-14-3-2-6-23(9-11(14)8-19-22)10-16(24)21-17-20-13-5-4-12(18)7-15(13)25-17/h4-5,7-8H,2-3,6,9-10H2,1H3,(H,20,21,24). The lowest BCUT2D eigenvalue weighted by atomic mass is 10.2. The number of nitrogens with zero attached hydrogens (tertiary/aromatic N) is 4. The zero-order valence-electron chi connectivity index (χ0n) is 13.8. The molecule has 0 radical (unpaired) electrons. The van der Waals surface area contributed by atoms with Crippen LogP contribution in [-0.2, 0) is 24.8 Å². The summed E-state index contributed by atoms with van der Waals surface area (Å²) >= 11 is 1.28. The molecule has 0 saturated heterocycles. The smallest absolute Gasteiger partial charge is 0.240 e. The number of amides is 1. The first kappa shape index (κ1) is 16.2. The lowest BCUT2D eigenvalue weighted by molar-refractivity contribution is -0.117. The van der Waals surface area contributed by atoms with Crippen molar-refractivity contribution in [2.75, 3.05) is 18.4 Å². The number of nitrogens with one attached hydrogen (secondary N) is 1. The molecule has 0 spiro atoms. The van der Waals surface area contributed by atoms with E-state index in [-0.39, 0.29) is 11.7 Å². The summed E-state index contributed by atoms with van der Waals surface area (Å²) in [6.45, 7) is 1.90. The molecule has 0 saturated carbocycles. The second kappa shape index (κ2) is 6.53. The fourth-order valence-corrected chi connectivity index (χ4v) is 4.11. The second-order valence-corrected chi connectivity index (χ2v) is 7.26. The number of halogens is 1. The van der Waals surface area contributed by atoms with Crippen molar-refractivity contribution in [3.8, 4) is 0 Å². The fourth-order valence-electron chi connectivity index (χ4n) is 3.20. The van der Waals surface area contributed by atoms with Crippen molar-refractivity contribution in [2.24, 2.45) is 7.05 Å². The Morgan fingerprint density at radius 3 is 3.20 bits per heavy atom. The molecule has 1 amide bonds. The van der Waals surface area contributed by atoms with Gasteiger partial charge in [-0.1, -0.05) is 11.3 Å². The third-order valence-electron chi connectivity index (χ3n) is 4.39. The van der Waals surface area contributed by atoms with Gasteiger partial charge < -0.3 is 5.32 Å². The Kier molecular flexibility index (Phi) is 4.22. The normalized spacial score (nSPS) is 15.1. The molecule has 1 aromatic carbocycles. The van der Waals surface area contributed by atoms with Gasteiger partial charge in [0.25, 0.3) is 0 Å². The van der Waals surface area contributed by atoms with Crippen molar-refractivity contribution in [1.82, 2.24) is 19.7 Å². The Morgan fingerprint density at radius 2 is 2.32 bits per heavy atom. The van der Waals surface area contributed by atoms with E-state index in [1.165, 1.54) is 34.7 Å². The molecule has 0 fully saturated rings. The molecule has 3 aromatic rings. The molecule has 0 atom stereocenters. The Morgan fingerprint density at radius 1 is 1.44 bits per heavy atom. The van der Waals surface area contributed by atoms with Crippen molar-refractivity contribution >= 4 is 32.6 Å². The molecule has 0 unspecified atom stereocenters. The molecule has 1 N–H and O–H groups in total. The zero-order chi connectivity index (χ0) is 17.4. The number of anilines is 1. The maximum absolute atomic E-state index is 13.3. The Labute approximate surface area is 148 Å². The molecule has 8 heteroatoms. The number of hydrogen-bond donors (Lipinski definition) is 1. The van der Waals surface area contributed by atoms with Crippen LogP contribution in [0.15, 0.2) is 24.4 Å². The lowest BCUT2D eigenvalue weighted by Gasteiger charge is -2.18. The first-order chi connectivity index (χ1) is 12.1. The van der Waals surface area contributed by atoms with Crippen LogP contribution in [0, 0.1) is 5.82 Å². The van der Waals surface area contributed by atoms with Gasteiger partial charge in [0.1, 0.15) is 5.82 Å². The van der Waals surface area contributed by atoms with Crippen LogP contribution in [0.1, 0.15) is 17.7 Å². The average Bonchev–Trinajstić information content (AvgIpc) is 3.03. The van der Waals surface area contributed by atoms with Gasteiger partial charge in [-0.3, -0.25) is 14.4 Å². The first-order valence-electron chi connectivity index (χ1n) is 8.16. The number of rotatable bonds is 3. The van der Waals surface area contributed by atoms with E-state index in [0.717, 1.165) is 30.6 Å². The van der Waals surface area contributed by atoms with E-state index in [2.05, 4.69) is 20.3 Å². The second-order valence-electron chi connectivity index (χ2n) is 6.23. The molecule has 1 aliphatic heterocycles. The Hall–Kier alpha value is -2.32. The quantitative estimate of drug-likeness (QED) is 0.781. The van der Waals surface area contributed by atoms with Crippen molar-refractivity contribution in [3.63, 3.8) is 0 Å². The highest BCUT2D eigenvalue weighted by atomic mass is 32.1. The van der Waals surface area contributed by atoms with Crippen LogP contribution >= 0.6 is 11.3 Å². The zero-order valence-corrected chi connectivity index (χ0v) is 14.6. The van der Waals surface area contributed by atoms with Gasteiger partial charge in [-0.15, -0.1) is 0 Å². The molecular weight excluding hydrogens is 341 g/mol. The Balaban J connectivity index is 1.42.